The van der Waals surface area contributed by atoms with E-state index in [9.17, 15) is 18.0 Å². The topological polar surface area (TPSA) is 46.5 Å². The van der Waals surface area contributed by atoms with Crippen molar-refractivity contribution in [1.82, 2.24) is 0 Å². The molecule has 0 aliphatic heterocycles. The first-order chi connectivity index (χ1) is 9.76. The third-order valence-electron chi connectivity index (χ3n) is 2.87. The molecule has 2 rings (SSSR count). The first-order valence-corrected chi connectivity index (χ1v) is 5.96. The molecule has 0 bridgehead atoms. The summed E-state index contributed by atoms with van der Waals surface area (Å²) in [4.78, 5) is 11.1. The van der Waals surface area contributed by atoms with Gasteiger partial charge in [0, 0.05) is 0 Å². The summed E-state index contributed by atoms with van der Waals surface area (Å²) < 4.78 is 40.4. The van der Waals surface area contributed by atoms with Crippen molar-refractivity contribution >= 4 is 5.97 Å². The number of aromatic carboxylic acids is 1. The normalized spacial score (nSPS) is 11.2. The Balaban J connectivity index is 2.41. The fraction of sp³-hybridized carbons (Fsp3) is 0.133. The van der Waals surface area contributed by atoms with Crippen LogP contribution in [0.4, 0.5) is 13.2 Å². The number of alkyl halides is 3. The number of carbonyl (C=O) groups is 1. The minimum atomic E-state index is -4.77. The molecule has 0 heterocycles. The lowest BCUT2D eigenvalue weighted by Crippen LogP contribution is -2.17. The van der Waals surface area contributed by atoms with Crippen LogP contribution in [0.3, 0.4) is 0 Å². The van der Waals surface area contributed by atoms with Crippen molar-refractivity contribution in [2.75, 3.05) is 0 Å². The summed E-state index contributed by atoms with van der Waals surface area (Å²) in [5.74, 6) is -1.44. The van der Waals surface area contributed by atoms with Crippen molar-refractivity contribution in [2.45, 2.75) is 13.3 Å². The summed E-state index contributed by atoms with van der Waals surface area (Å²) in [7, 11) is 0. The van der Waals surface area contributed by atoms with Gasteiger partial charge < -0.3 is 9.84 Å². The van der Waals surface area contributed by atoms with Crippen LogP contribution in [0.5, 0.6) is 5.75 Å². The molecule has 0 atom stereocenters. The fourth-order valence-electron chi connectivity index (χ4n) is 1.90. The van der Waals surface area contributed by atoms with Crippen LogP contribution >= 0.6 is 0 Å². The van der Waals surface area contributed by atoms with Gasteiger partial charge in [0.15, 0.2) is 0 Å². The van der Waals surface area contributed by atoms with Crippen molar-refractivity contribution < 1.29 is 27.8 Å². The third-order valence-corrected chi connectivity index (χ3v) is 2.87. The van der Waals surface area contributed by atoms with E-state index in [1.807, 2.05) is 0 Å². The van der Waals surface area contributed by atoms with E-state index in [0.29, 0.717) is 16.7 Å². The number of hydrogen-bond donors (Lipinski definition) is 1. The number of benzene rings is 2. The van der Waals surface area contributed by atoms with Gasteiger partial charge in [0.2, 0.25) is 0 Å². The molecule has 6 heteroatoms. The van der Waals surface area contributed by atoms with Crippen LogP contribution in [-0.4, -0.2) is 17.4 Å². The minimum Gasteiger partial charge on any atom is -0.478 e. The Hall–Kier alpha value is -2.50. The molecule has 0 saturated heterocycles. The molecule has 0 spiro atoms. The molecule has 0 radical (unpaired) electrons. The molecule has 2 aromatic rings. The molecule has 2 aromatic carbocycles. The van der Waals surface area contributed by atoms with E-state index in [1.165, 1.54) is 24.3 Å². The lowest BCUT2D eigenvalue weighted by molar-refractivity contribution is -0.274. The van der Waals surface area contributed by atoms with Crippen LogP contribution in [0.25, 0.3) is 11.1 Å². The van der Waals surface area contributed by atoms with Gasteiger partial charge in [-0.2, -0.15) is 0 Å². The highest BCUT2D eigenvalue weighted by Crippen LogP contribution is 2.29. The van der Waals surface area contributed by atoms with Crippen molar-refractivity contribution in [3.8, 4) is 16.9 Å². The van der Waals surface area contributed by atoms with Gasteiger partial charge in [0.25, 0.3) is 0 Å². The van der Waals surface area contributed by atoms with Crippen LogP contribution in [0, 0.1) is 6.92 Å². The number of ether oxygens (including phenoxy) is 1. The van der Waals surface area contributed by atoms with Crippen molar-refractivity contribution in [3.05, 3.63) is 53.6 Å². The molecule has 0 aliphatic carbocycles. The lowest BCUT2D eigenvalue weighted by Gasteiger charge is -2.11. The minimum absolute atomic E-state index is 0.106. The number of aryl methyl sites for hydroxylation is 1. The second kappa shape index (κ2) is 5.47. The van der Waals surface area contributed by atoms with Gasteiger partial charge in [0.1, 0.15) is 5.75 Å². The van der Waals surface area contributed by atoms with Crippen molar-refractivity contribution in [3.63, 3.8) is 0 Å². The number of rotatable bonds is 3. The van der Waals surface area contributed by atoms with E-state index in [-0.39, 0.29) is 11.3 Å². The van der Waals surface area contributed by atoms with Crippen LogP contribution in [0.15, 0.2) is 42.5 Å². The summed E-state index contributed by atoms with van der Waals surface area (Å²) in [6.07, 6.45) is -4.77. The van der Waals surface area contributed by atoms with Gasteiger partial charge in [-0.15, -0.1) is 13.2 Å². The number of carboxylic acid groups (broad SMARTS) is 1. The van der Waals surface area contributed by atoms with Crippen LogP contribution in [0.2, 0.25) is 0 Å². The first kappa shape index (κ1) is 14.9. The van der Waals surface area contributed by atoms with Gasteiger partial charge in [0.05, 0.1) is 5.56 Å². The zero-order valence-corrected chi connectivity index (χ0v) is 10.9. The molecular weight excluding hydrogens is 285 g/mol. The zero-order chi connectivity index (χ0) is 15.6. The second-order valence-electron chi connectivity index (χ2n) is 4.41. The standard InChI is InChI=1S/C15H11F3O3/c1-9-5-6-11(8-13(9)14(19)20)10-3-2-4-12(7-10)21-15(16,17)18/h2-8H,1H3,(H,19,20). The predicted molar refractivity (Wildman–Crippen MR) is 70.3 cm³/mol. The molecule has 0 unspecified atom stereocenters. The molecule has 1 N–H and O–H groups in total. The smallest absolute Gasteiger partial charge is 0.478 e. The quantitative estimate of drug-likeness (QED) is 0.920. The van der Waals surface area contributed by atoms with E-state index in [0.717, 1.165) is 0 Å². The van der Waals surface area contributed by atoms with E-state index in [2.05, 4.69) is 4.74 Å². The summed E-state index contributed by atoms with van der Waals surface area (Å²) in [6.45, 7) is 1.65. The Bertz CT molecular complexity index is 678. The maximum Gasteiger partial charge on any atom is 0.573 e. The molecule has 0 aliphatic rings. The van der Waals surface area contributed by atoms with Crippen LogP contribution in [-0.2, 0) is 0 Å². The average molecular weight is 296 g/mol. The van der Waals surface area contributed by atoms with E-state index in [4.69, 9.17) is 5.11 Å². The van der Waals surface area contributed by atoms with Crippen LogP contribution in [0.1, 0.15) is 15.9 Å². The maximum atomic E-state index is 12.2. The summed E-state index contributed by atoms with van der Waals surface area (Å²) in [5, 5.41) is 9.07. The van der Waals surface area contributed by atoms with E-state index < -0.39 is 12.3 Å². The molecule has 3 nitrogen and oxygen atoms in total. The van der Waals surface area contributed by atoms with E-state index in [1.54, 1.807) is 25.1 Å². The Morgan fingerprint density at radius 2 is 1.76 bits per heavy atom. The molecule has 21 heavy (non-hydrogen) atoms. The third kappa shape index (κ3) is 3.75. The lowest BCUT2D eigenvalue weighted by atomic mass is 10.00. The largest absolute Gasteiger partial charge is 0.573 e. The molecule has 0 aromatic heterocycles. The monoisotopic (exact) mass is 296 g/mol. The SMILES string of the molecule is Cc1ccc(-c2cccc(OC(F)(F)F)c2)cc1C(=O)O. The number of carboxylic acids is 1. The Morgan fingerprint density at radius 3 is 2.38 bits per heavy atom. The Kier molecular flexibility index (Phi) is 3.88. The zero-order valence-electron chi connectivity index (χ0n) is 10.9. The number of hydrogen-bond acceptors (Lipinski definition) is 2. The summed E-state index contributed by atoms with van der Waals surface area (Å²) in [6, 6.07) is 10.1. The van der Waals surface area contributed by atoms with Crippen LogP contribution < -0.4 is 4.74 Å². The van der Waals surface area contributed by atoms with Gasteiger partial charge in [-0.1, -0.05) is 24.3 Å². The molecule has 0 saturated carbocycles. The summed E-state index contributed by atoms with van der Waals surface area (Å²) in [5.41, 5.74) is 1.63. The second-order valence-corrected chi connectivity index (χ2v) is 4.41. The van der Waals surface area contributed by atoms with Gasteiger partial charge in [-0.3, -0.25) is 0 Å². The predicted octanol–water partition coefficient (Wildman–Crippen LogP) is 4.26. The Morgan fingerprint density at radius 1 is 1.10 bits per heavy atom. The molecular formula is C15H11F3O3. The summed E-state index contributed by atoms with van der Waals surface area (Å²) >= 11 is 0. The average Bonchev–Trinajstić information content (AvgIpc) is 2.37. The molecule has 0 fully saturated rings. The number of halogens is 3. The van der Waals surface area contributed by atoms with Gasteiger partial charge >= 0.3 is 12.3 Å². The first-order valence-electron chi connectivity index (χ1n) is 5.96. The highest BCUT2D eigenvalue weighted by Gasteiger charge is 2.31. The van der Waals surface area contributed by atoms with Gasteiger partial charge in [-0.25, -0.2) is 4.79 Å². The molecule has 0 amide bonds. The highest BCUT2D eigenvalue weighted by molar-refractivity contribution is 5.91. The van der Waals surface area contributed by atoms with Gasteiger partial charge in [-0.05, 0) is 41.8 Å². The van der Waals surface area contributed by atoms with Crippen molar-refractivity contribution in [1.29, 1.82) is 0 Å². The highest BCUT2D eigenvalue weighted by atomic mass is 19.4. The van der Waals surface area contributed by atoms with Crippen molar-refractivity contribution in [2.24, 2.45) is 0 Å². The Labute approximate surface area is 118 Å². The maximum absolute atomic E-state index is 12.2. The molecule has 110 valence electrons. The van der Waals surface area contributed by atoms with E-state index >= 15 is 0 Å². The fourth-order valence-corrected chi connectivity index (χ4v) is 1.90.